The van der Waals surface area contributed by atoms with Gasteiger partial charge in [-0.25, -0.2) is 0 Å². The molecule has 0 saturated heterocycles. The molecular formula is C29H51NO. The van der Waals surface area contributed by atoms with E-state index in [1.165, 1.54) is 115 Å². The Balaban J connectivity index is 1.31. The van der Waals surface area contributed by atoms with Crippen LogP contribution in [0.3, 0.4) is 0 Å². The van der Waals surface area contributed by atoms with Gasteiger partial charge in [-0.15, -0.1) is 0 Å². The van der Waals surface area contributed by atoms with Crippen LogP contribution in [0.5, 0.6) is 0 Å². The second-order valence-corrected chi connectivity index (χ2v) is 9.90. The molecule has 2 heteroatoms. The lowest BCUT2D eigenvalue weighted by molar-refractivity contribution is 0.115. The highest BCUT2D eigenvalue weighted by atomic mass is 16.3. The van der Waals surface area contributed by atoms with Gasteiger partial charge in [0, 0.05) is 6.04 Å². The summed E-state index contributed by atoms with van der Waals surface area (Å²) in [5, 5.41) is 14.2. The van der Waals surface area contributed by atoms with Gasteiger partial charge in [-0.05, 0) is 36.9 Å². The van der Waals surface area contributed by atoms with Crippen LogP contribution in [0.2, 0.25) is 0 Å². The van der Waals surface area contributed by atoms with Crippen LogP contribution in [0.15, 0.2) is 24.3 Å². The lowest BCUT2D eigenvalue weighted by Gasteiger charge is -2.30. The van der Waals surface area contributed by atoms with Crippen LogP contribution in [-0.2, 0) is 6.42 Å². The second-order valence-electron chi connectivity index (χ2n) is 9.90. The highest BCUT2D eigenvalue weighted by Crippen LogP contribution is 2.29. The number of benzene rings is 1. The minimum atomic E-state index is -0.337. The number of aryl methyl sites for hydroxylation is 1. The van der Waals surface area contributed by atoms with Crippen LogP contribution in [0.1, 0.15) is 140 Å². The molecule has 2 unspecified atom stereocenters. The molecule has 0 aliphatic heterocycles. The molecule has 1 aliphatic rings. The van der Waals surface area contributed by atoms with Crippen molar-refractivity contribution >= 4 is 0 Å². The quantitative estimate of drug-likeness (QED) is 0.217. The summed E-state index contributed by atoms with van der Waals surface area (Å²) in [5.74, 6) is 0. The van der Waals surface area contributed by atoms with Crippen molar-refractivity contribution in [3.05, 3.63) is 35.4 Å². The number of hydrogen-bond donors (Lipinski definition) is 2. The van der Waals surface area contributed by atoms with E-state index in [-0.39, 0.29) is 12.1 Å². The van der Waals surface area contributed by atoms with Gasteiger partial charge in [-0.1, -0.05) is 134 Å². The molecule has 0 heterocycles. The minimum absolute atomic E-state index is 0.232. The topological polar surface area (TPSA) is 32.3 Å². The number of fused-ring (bicyclic) bond motifs is 1. The average molecular weight is 430 g/mol. The third-order valence-electron chi connectivity index (χ3n) is 7.17. The maximum absolute atomic E-state index is 10.6. The lowest BCUT2D eigenvalue weighted by Crippen LogP contribution is -2.38. The molecule has 0 saturated carbocycles. The highest BCUT2D eigenvalue weighted by molar-refractivity contribution is 5.32. The molecule has 0 spiro atoms. The van der Waals surface area contributed by atoms with Gasteiger partial charge in [-0.2, -0.15) is 0 Å². The van der Waals surface area contributed by atoms with E-state index < -0.39 is 0 Å². The highest BCUT2D eigenvalue weighted by Gasteiger charge is 2.26. The van der Waals surface area contributed by atoms with Gasteiger partial charge < -0.3 is 10.4 Å². The first kappa shape index (κ1) is 26.4. The van der Waals surface area contributed by atoms with Crippen molar-refractivity contribution < 1.29 is 5.11 Å². The van der Waals surface area contributed by atoms with Crippen LogP contribution in [-0.4, -0.2) is 17.7 Å². The number of hydrogen-bond acceptors (Lipinski definition) is 2. The first-order chi connectivity index (χ1) is 15.3. The average Bonchev–Trinajstić information content (AvgIpc) is 2.80. The molecule has 0 amide bonds. The summed E-state index contributed by atoms with van der Waals surface area (Å²) in [6.07, 6.45) is 25.9. The number of nitrogens with one attached hydrogen (secondary N) is 1. The lowest BCUT2D eigenvalue weighted by atomic mass is 9.86. The zero-order valence-corrected chi connectivity index (χ0v) is 20.6. The fraction of sp³-hybridized carbons (Fsp3) is 0.793. The standard InChI is InChI=1S/C29H51NO/c1-2-3-4-5-6-7-8-9-10-11-12-13-14-15-16-17-20-25-30-28-24-23-26-21-18-19-22-27(26)29(28)31/h18-19,21-22,28-31H,2-17,20,23-25H2,1H3. The molecule has 2 nitrogen and oxygen atoms in total. The van der Waals surface area contributed by atoms with Gasteiger partial charge in [0.15, 0.2) is 0 Å². The third kappa shape index (κ3) is 11.5. The Bertz CT molecular complexity index is 543. The molecule has 1 aromatic rings. The molecule has 178 valence electrons. The molecule has 2 rings (SSSR count). The van der Waals surface area contributed by atoms with Crippen LogP contribution in [0.25, 0.3) is 0 Å². The molecule has 0 aromatic heterocycles. The van der Waals surface area contributed by atoms with Crippen molar-refractivity contribution in [2.45, 2.75) is 141 Å². The van der Waals surface area contributed by atoms with E-state index in [4.69, 9.17) is 0 Å². The Morgan fingerprint density at radius 2 is 1.19 bits per heavy atom. The largest absolute Gasteiger partial charge is 0.387 e. The van der Waals surface area contributed by atoms with Crippen molar-refractivity contribution in [1.82, 2.24) is 5.32 Å². The van der Waals surface area contributed by atoms with Crippen LogP contribution < -0.4 is 5.32 Å². The maximum Gasteiger partial charge on any atom is 0.0945 e. The van der Waals surface area contributed by atoms with E-state index in [1.54, 1.807) is 0 Å². The summed E-state index contributed by atoms with van der Waals surface area (Å²) in [4.78, 5) is 0. The van der Waals surface area contributed by atoms with E-state index in [1.807, 2.05) is 6.07 Å². The second kappa shape index (κ2) is 17.7. The molecule has 31 heavy (non-hydrogen) atoms. The predicted octanol–water partition coefficient (Wildman–Crippen LogP) is 8.28. The van der Waals surface area contributed by atoms with Crippen molar-refractivity contribution in [2.24, 2.45) is 0 Å². The number of unbranched alkanes of at least 4 members (excludes halogenated alkanes) is 16. The molecule has 1 aromatic carbocycles. The molecule has 2 N–H and O–H groups in total. The van der Waals surface area contributed by atoms with E-state index >= 15 is 0 Å². The number of aliphatic hydroxyl groups is 1. The summed E-state index contributed by atoms with van der Waals surface area (Å²) in [6, 6.07) is 8.60. The smallest absolute Gasteiger partial charge is 0.0945 e. The fourth-order valence-corrected chi connectivity index (χ4v) is 5.09. The molecule has 0 fully saturated rings. The number of aliphatic hydroxyl groups excluding tert-OH is 1. The van der Waals surface area contributed by atoms with Crippen LogP contribution >= 0.6 is 0 Å². The zero-order chi connectivity index (χ0) is 22.0. The molecule has 0 radical (unpaired) electrons. The van der Waals surface area contributed by atoms with Gasteiger partial charge >= 0.3 is 0 Å². The fourth-order valence-electron chi connectivity index (χ4n) is 5.09. The van der Waals surface area contributed by atoms with E-state index in [2.05, 4.69) is 30.4 Å². The first-order valence-electron chi connectivity index (χ1n) is 13.8. The monoisotopic (exact) mass is 429 g/mol. The van der Waals surface area contributed by atoms with E-state index in [0.717, 1.165) is 24.9 Å². The molecule has 2 atom stereocenters. The third-order valence-corrected chi connectivity index (χ3v) is 7.17. The van der Waals surface area contributed by atoms with Gasteiger partial charge in [-0.3, -0.25) is 0 Å². The molecule has 1 aliphatic carbocycles. The van der Waals surface area contributed by atoms with Crippen LogP contribution in [0, 0.1) is 0 Å². The Kier molecular flexibility index (Phi) is 15.0. The number of rotatable bonds is 19. The first-order valence-corrected chi connectivity index (χ1v) is 13.8. The maximum atomic E-state index is 10.6. The SMILES string of the molecule is CCCCCCCCCCCCCCCCCCCNC1CCc2ccccc2C1O. The zero-order valence-electron chi connectivity index (χ0n) is 20.6. The Hall–Kier alpha value is -0.860. The van der Waals surface area contributed by atoms with Gasteiger partial charge in [0.25, 0.3) is 0 Å². The normalized spacial score (nSPS) is 18.3. The molecule has 0 bridgehead atoms. The van der Waals surface area contributed by atoms with Crippen molar-refractivity contribution in [3.63, 3.8) is 0 Å². The van der Waals surface area contributed by atoms with E-state index in [9.17, 15) is 5.11 Å². The van der Waals surface area contributed by atoms with Crippen molar-refractivity contribution in [1.29, 1.82) is 0 Å². The summed E-state index contributed by atoms with van der Waals surface area (Å²) in [5.41, 5.74) is 2.46. The summed E-state index contributed by atoms with van der Waals surface area (Å²) in [6.45, 7) is 3.34. The summed E-state index contributed by atoms with van der Waals surface area (Å²) < 4.78 is 0. The van der Waals surface area contributed by atoms with Crippen molar-refractivity contribution in [2.75, 3.05) is 6.54 Å². The summed E-state index contributed by atoms with van der Waals surface area (Å²) >= 11 is 0. The predicted molar refractivity (Wildman–Crippen MR) is 136 cm³/mol. The Morgan fingerprint density at radius 3 is 1.74 bits per heavy atom. The summed E-state index contributed by atoms with van der Waals surface area (Å²) in [7, 11) is 0. The Morgan fingerprint density at radius 1 is 0.710 bits per heavy atom. The van der Waals surface area contributed by atoms with Gasteiger partial charge in [0.1, 0.15) is 0 Å². The Labute approximate surface area is 193 Å². The molecular weight excluding hydrogens is 378 g/mol. The van der Waals surface area contributed by atoms with E-state index in [0.29, 0.717) is 0 Å². The van der Waals surface area contributed by atoms with Crippen LogP contribution in [0.4, 0.5) is 0 Å². The minimum Gasteiger partial charge on any atom is -0.387 e. The van der Waals surface area contributed by atoms with Crippen molar-refractivity contribution in [3.8, 4) is 0 Å². The van der Waals surface area contributed by atoms with Gasteiger partial charge in [0.2, 0.25) is 0 Å². The van der Waals surface area contributed by atoms with Gasteiger partial charge in [0.05, 0.1) is 6.10 Å².